The third-order valence-corrected chi connectivity index (χ3v) is 6.40. The number of fused-ring (bicyclic) bond motifs is 3. The highest BCUT2D eigenvalue weighted by molar-refractivity contribution is 5.88. The van der Waals surface area contributed by atoms with Crippen LogP contribution in [0.5, 0.6) is 0 Å². The first-order chi connectivity index (χ1) is 16.2. The normalized spacial score (nSPS) is 20.2. The number of nitrogens with one attached hydrogen (secondary N) is 2. The zero-order valence-electron chi connectivity index (χ0n) is 19.5. The van der Waals surface area contributed by atoms with Crippen molar-refractivity contribution in [3.63, 3.8) is 0 Å². The summed E-state index contributed by atoms with van der Waals surface area (Å²) < 4.78 is 11.1. The van der Waals surface area contributed by atoms with Gasteiger partial charge in [0, 0.05) is 12.5 Å². The highest BCUT2D eigenvalue weighted by Crippen LogP contribution is 2.44. The van der Waals surface area contributed by atoms with E-state index in [1.165, 1.54) is 0 Å². The van der Waals surface area contributed by atoms with E-state index < -0.39 is 41.6 Å². The molecule has 1 fully saturated rings. The molecule has 34 heavy (non-hydrogen) atoms. The third-order valence-electron chi connectivity index (χ3n) is 6.40. The van der Waals surface area contributed by atoms with E-state index in [-0.39, 0.29) is 19.1 Å². The molecule has 0 aromatic heterocycles. The number of carboxylic acids is 1. The number of aliphatic carboxylic acids is 1. The minimum Gasteiger partial charge on any atom is -0.480 e. The number of benzene rings is 2. The van der Waals surface area contributed by atoms with E-state index in [9.17, 15) is 19.5 Å². The lowest BCUT2D eigenvalue weighted by Gasteiger charge is -2.29. The molecule has 1 saturated heterocycles. The topological polar surface area (TPSA) is 114 Å². The smallest absolute Gasteiger partial charge is 0.407 e. The van der Waals surface area contributed by atoms with Crippen LogP contribution in [0.2, 0.25) is 0 Å². The average Bonchev–Trinajstić information content (AvgIpc) is 3.37. The molecule has 0 bridgehead atoms. The van der Waals surface area contributed by atoms with Crippen LogP contribution in [0.25, 0.3) is 11.1 Å². The molecule has 1 aliphatic carbocycles. The van der Waals surface area contributed by atoms with Gasteiger partial charge in [-0.15, -0.1) is 0 Å². The van der Waals surface area contributed by atoms with Gasteiger partial charge in [-0.2, -0.15) is 0 Å². The first-order valence-corrected chi connectivity index (χ1v) is 11.4. The maximum absolute atomic E-state index is 12.7. The van der Waals surface area contributed by atoms with Crippen molar-refractivity contribution >= 4 is 18.0 Å². The fourth-order valence-corrected chi connectivity index (χ4v) is 4.66. The molecule has 3 atom stereocenters. The van der Waals surface area contributed by atoms with Crippen LogP contribution in [0.15, 0.2) is 48.5 Å². The first kappa shape index (κ1) is 23.8. The molecule has 1 aliphatic heterocycles. The number of hydrogen-bond donors (Lipinski definition) is 3. The van der Waals surface area contributed by atoms with Gasteiger partial charge in [0.1, 0.15) is 12.6 Å². The Hall–Kier alpha value is -3.39. The number of hydrogen-bond acceptors (Lipinski definition) is 5. The van der Waals surface area contributed by atoms with Crippen molar-refractivity contribution in [3.05, 3.63) is 59.7 Å². The summed E-state index contributed by atoms with van der Waals surface area (Å²) in [6.45, 7) is 5.63. The Balaban J connectivity index is 1.38. The number of carbonyl (C=O) groups excluding carboxylic acids is 2. The van der Waals surface area contributed by atoms with Crippen LogP contribution >= 0.6 is 0 Å². The van der Waals surface area contributed by atoms with Crippen LogP contribution in [-0.4, -0.2) is 54.5 Å². The predicted molar refractivity (Wildman–Crippen MR) is 125 cm³/mol. The summed E-state index contributed by atoms with van der Waals surface area (Å²) in [4.78, 5) is 37.0. The van der Waals surface area contributed by atoms with Gasteiger partial charge in [0.25, 0.3) is 5.91 Å². The largest absolute Gasteiger partial charge is 0.480 e. The van der Waals surface area contributed by atoms with Crippen LogP contribution in [0.3, 0.4) is 0 Å². The van der Waals surface area contributed by atoms with Gasteiger partial charge in [-0.05, 0) is 34.1 Å². The van der Waals surface area contributed by atoms with Crippen molar-refractivity contribution in [2.45, 2.75) is 51.3 Å². The van der Waals surface area contributed by atoms with Crippen LogP contribution in [0.4, 0.5) is 4.79 Å². The van der Waals surface area contributed by atoms with Gasteiger partial charge in [-0.25, -0.2) is 9.59 Å². The van der Waals surface area contributed by atoms with Crippen molar-refractivity contribution in [3.8, 4) is 11.1 Å². The molecule has 0 spiro atoms. The Morgan fingerprint density at radius 3 is 2.21 bits per heavy atom. The van der Waals surface area contributed by atoms with Crippen molar-refractivity contribution in [2.75, 3.05) is 13.2 Å². The number of ether oxygens (including phenoxy) is 2. The summed E-state index contributed by atoms with van der Waals surface area (Å²) in [5.41, 5.74) is 3.81. The summed E-state index contributed by atoms with van der Waals surface area (Å²) in [5.74, 6) is -1.76. The highest BCUT2D eigenvalue weighted by atomic mass is 16.6. The average molecular weight is 467 g/mol. The molecular weight excluding hydrogens is 436 g/mol. The molecule has 2 aliphatic rings. The number of carbonyl (C=O) groups is 3. The van der Waals surface area contributed by atoms with Crippen LogP contribution in [0, 0.1) is 5.41 Å². The van der Waals surface area contributed by atoms with Gasteiger partial charge in [-0.1, -0.05) is 69.3 Å². The van der Waals surface area contributed by atoms with Gasteiger partial charge in [0.05, 0.1) is 6.04 Å². The molecule has 2 aromatic rings. The predicted octanol–water partition coefficient (Wildman–Crippen LogP) is 3.30. The second-order valence-electron chi connectivity index (χ2n) is 9.80. The first-order valence-electron chi connectivity index (χ1n) is 11.4. The monoisotopic (exact) mass is 466 g/mol. The Morgan fingerprint density at radius 2 is 1.65 bits per heavy atom. The lowest BCUT2D eigenvalue weighted by Crippen LogP contribution is -2.55. The fourth-order valence-electron chi connectivity index (χ4n) is 4.66. The fraction of sp³-hybridized carbons (Fsp3) is 0.423. The van der Waals surface area contributed by atoms with Gasteiger partial charge in [0.15, 0.2) is 6.10 Å². The molecule has 3 N–H and O–H groups in total. The molecule has 8 heteroatoms. The summed E-state index contributed by atoms with van der Waals surface area (Å²) in [7, 11) is 0. The molecule has 180 valence electrons. The van der Waals surface area contributed by atoms with Crippen LogP contribution < -0.4 is 10.6 Å². The second kappa shape index (κ2) is 9.46. The van der Waals surface area contributed by atoms with Crippen molar-refractivity contribution in [1.29, 1.82) is 0 Å². The van der Waals surface area contributed by atoms with Gasteiger partial charge >= 0.3 is 12.1 Å². The number of alkyl carbamates (subject to hydrolysis) is 1. The maximum atomic E-state index is 12.7. The lowest BCUT2D eigenvalue weighted by atomic mass is 9.86. The Bertz CT molecular complexity index is 1050. The van der Waals surface area contributed by atoms with Crippen molar-refractivity contribution in [2.24, 2.45) is 5.41 Å². The third kappa shape index (κ3) is 4.77. The Labute approximate surface area is 198 Å². The number of carboxylic acid groups (broad SMARTS) is 1. The van der Waals surface area contributed by atoms with Crippen LogP contribution in [0.1, 0.15) is 44.2 Å². The number of rotatable bonds is 6. The molecular formula is C26H30N2O6. The Kier molecular flexibility index (Phi) is 6.61. The van der Waals surface area contributed by atoms with E-state index in [0.717, 1.165) is 22.3 Å². The summed E-state index contributed by atoms with van der Waals surface area (Å²) in [5, 5.41) is 14.8. The van der Waals surface area contributed by atoms with Crippen molar-refractivity contribution in [1.82, 2.24) is 10.6 Å². The van der Waals surface area contributed by atoms with Crippen LogP contribution in [-0.2, 0) is 19.1 Å². The quantitative estimate of drug-likeness (QED) is 0.602. The molecule has 0 unspecified atom stereocenters. The molecule has 2 aromatic carbocycles. The van der Waals surface area contributed by atoms with E-state index in [1.54, 1.807) is 20.8 Å². The van der Waals surface area contributed by atoms with E-state index >= 15 is 0 Å². The Morgan fingerprint density at radius 1 is 1.06 bits per heavy atom. The zero-order valence-corrected chi connectivity index (χ0v) is 19.5. The van der Waals surface area contributed by atoms with E-state index in [4.69, 9.17) is 9.47 Å². The number of amides is 2. The van der Waals surface area contributed by atoms with Gasteiger partial charge < -0.3 is 25.2 Å². The maximum Gasteiger partial charge on any atom is 0.407 e. The second-order valence-corrected chi connectivity index (χ2v) is 9.80. The highest BCUT2D eigenvalue weighted by Gasteiger charge is 2.40. The summed E-state index contributed by atoms with van der Waals surface area (Å²) in [6.07, 6.45) is -1.19. The van der Waals surface area contributed by atoms with E-state index in [2.05, 4.69) is 22.8 Å². The van der Waals surface area contributed by atoms with Gasteiger partial charge in [0.2, 0.25) is 0 Å². The van der Waals surface area contributed by atoms with Gasteiger partial charge in [-0.3, -0.25) is 4.79 Å². The van der Waals surface area contributed by atoms with Crippen molar-refractivity contribution < 1.29 is 29.0 Å². The molecule has 0 radical (unpaired) electrons. The van der Waals surface area contributed by atoms with E-state index in [1.807, 2.05) is 36.4 Å². The molecule has 4 rings (SSSR count). The SMILES string of the molecule is CC(C)(C)[C@H](NC(=O)[C@H]1OCC[C@H]1NC(=O)OCC1c2ccccc2-c2ccccc21)C(=O)O. The molecule has 8 nitrogen and oxygen atoms in total. The summed E-state index contributed by atoms with van der Waals surface area (Å²) in [6, 6.07) is 14.4. The summed E-state index contributed by atoms with van der Waals surface area (Å²) >= 11 is 0. The molecule has 0 saturated carbocycles. The minimum absolute atomic E-state index is 0.0693. The zero-order chi connectivity index (χ0) is 24.5. The molecule has 2 amide bonds. The molecule has 1 heterocycles. The minimum atomic E-state index is -1.13. The standard InChI is InChI=1S/C26H30N2O6/c1-26(2,3)22(24(30)31)28-23(29)21-20(12-13-33-21)27-25(32)34-14-19-17-10-6-4-8-15(17)16-9-5-7-11-18(16)19/h4-11,19-22H,12-14H2,1-3H3,(H,27,32)(H,28,29)(H,30,31)/t20-,21+,22-/m1/s1. The lowest BCUT2D eigenvalue weighted by molar-refractivity contribution is -0.147. The van der Waals surface area contributed by atoms with E-state index in [0.29, 0.717) is 6.42 Å².